The first-order chi connectivity index (χ1) is 19.2. The summed E-state index contributed by atoms with van der Waals surface area (Å²) in [4.78, 5) is 32.4. The zero-order valence-electron chi connectivity index (χ0n) is 24.5. The SMILES string of the molecule is Cc1cccc(C)c1-c1cc(OC[C@@H](CC(C)C)NC(=O)OC(C)(C)C)nc(NS(=O)(=O)c2cccc(C=O)c2)n1. The Hall–Kier alpha value is -3.99. The number of sulfonamides is 1. The predicted octanol–water partition coefficient (Wildman–Crippen LogP) is 5.69. The van der Waals surface area contributed by atoms with Gasteiger partial charge in [-0.2, -0.15) is 4.98 Å². The third kappa shape index (κ3) is 9.28. The van der Waals surface area contributed by atoms with Gasteiger partial charge in [0.25, 0.3) is 10.0 Å². The number of benzene rings is 2. The first kappa shape index (κ1) is 31.5. The molecule has 0 saturated carbocycles. The van der Waals surface area contributed by atoms with Crippen LogP contribution in [0.3, 0.4) is 0 Å². The second kappa shape index (κ2) is 13.1. The topological polar surface area (TPSA) is 137 Å². The van der Waals surface area contributed by atoms with E-state index in [1.54, 1.807) is 26.8 Å². The normalized spacial score (nSPS) is 12.5. The number of nitrogens with zero attached hydrogens (tertiary/aromatic N) is 2. The molecule has 1 aromatic heterocycles. The highest BCUT2D eigenvalue weighted by molar-refractivity contribution is 7.92. The number of carbonyl (C=O) groups is 2. The molecular formula is C30H38N4O6S. The quantitative estimate of drug-likeness (QED) is 0.275. The van der Waals surface area contributed by atoms with Gasteiger partial charge in [0.1, 0.15) is 18.5 Å². The van der Waals surface area contributed by atoms with Gasteiger partial charge in [0.05, 0.1) is 16.6 Å². The highest BCUT2D eigenvalue weighted by Gasteiger charge is 2.23. The molecule has 1 heterocycles. The van der Waals surface area contributed by atoms with Gasteiger partial charge in [-0.1, -0.05) is 44.2 Å². The van der Waals surface area contributed by atoms with Crippen molar-refractivity contribution < 1.29 is 27.5 Å². The maximum absolute atomic E-state index is 13.2. The smallest absolute Gasteiger partial charge is 0.407 e. The molecule has 0 aliphatic heterocycles. The third-order valence-corrected chi connectivity index (χ3v) is 7.21. The van der Waals surface area contributed by atoms with E-state index in [0.29, 0.717) is 18.4 Å². The van der Waals surface area contributed by atoms with E-state index in [9.17, 15) is 18.0 Å². The molecule has 2 N–H and O–H groups in total. The molecule has 0 aliphatic rings. The Balaban J connectivity index is 1.97. The number of hydrogen-bond acceptors (Lipinski definition) is 8. The van der Waals surface area contributed by atoms with Crippen molar-refractivity contribution in [2.24, 2.45) is 5.92 Å². The van der Waals surface area contributed by atoms with Gasteiger partial charge in [-0.3, -0.25) is 4.79 Å². The molecule has 0 spiro atoms. The Morgan fingerprint density at radius 2 is 1.68 bits per heavy atom. The van der Waals surface area contributed by atoms with Gasteiger partial charge in [0.15, 0.2) is 0 Å². The van der Waals surface area contributed by atoms with E-state index in [0.717, 1.165) is 16.7 Å². The first-order valence-corrected chi connectivity index (χ1v) is 14.8. The van der Waals surface area contributed by atoms with E-state index < -0.39 is 27.8 Å². The minimum atomic E-state index is -4.13. The molecule has 0 unspecified atom stereocenters. The second-order valence-electron chi connectivity index (χ2n) is 11.3. The van der Waals surface area contributed by atoms with Gasteiger partial charge in [-0.05, 0) is 70.2 Å². The van der Waals surface area contributed by atoms with E-state index in [-0.39, 0.29) is 34.8 Å². The van der Waals surface area contributed by atoms with Crippen LogP contribution in [-0.4, -0.2) is 49.0 Å². The zero-order chi connectivity index (χ0) is 30.4. The van der Waals surface area contributed by atoms with Crippen LogP contribution >= 0.6 is 0 Å². The molecule has 10 nitrogen and oxygen atoms in total. The number of aryl methyl sites for hydroxylation is 2. The summed E-state index contributed by atoms with van der Waals surface area (Å²) in [5.41, 5.74) is 2.71. The van der Waals surface area contributed by atoms with Gasteiger partial charge in [-0.15, -0.1) is 0 Å². The lowest BCUT2D eigenvalue weighted by molar-refractivity contribution is 0.0479. The van der Waals surface area contributed by atoms with Crippen LogP contribution in [0.25, 0.3) is 11.3 Å². The number of hydrogen-bond donors (Lipinski definition) is 2. The molecule has 11 heteroatoms. The van der Waals surface area contributed by atoms with E-state index in [4.69, 9.17) is 9.47 Å². The Morgan fingerprint density at radius 3 is 2.29 bits per heavy atom. The summed E-state index contributed by atoms with van der Waals surface area (Å²) < 4.78 is 40.2. The van der Waals surface area contributed by atoms with E-state index in [2.05, 4.69) is 20.0 Å². The molecule has 220 valence electrons. The molecule has 3 aromatic rings. The molecule has 1 amide bonds. The lowest BCUT2D eigenvalue weighted by atomic mass is 10.00. The van der Waals surface area contributed by atoms with Gasteiger partial charge < -0.3 is 14.8 Å². The number of anilines is 1. The average Bonchev–Trinajstić information content (AvgIpc) is 2.85. The summed E-state index contributed by atoms with van der Waals surface area (Å²) in [6.07, 6.45) is 0.624. The van der Waals surface area contributed by atoms with Crippen LogP contribution in [0.2, 0.25) is 0 Å². The van der Waals surface area contributed by atoms with Gasteiger partial charge in [0.2, 0.25) is 11.8 Å². The lowest BCUT2D eigenvalue weighted by Crippen LogP contribution is -2.42. The van der Waals surface area contributed by atoms with Gasteiger partial charge in [-0.25, -0.2) is 22.9 Å². The van der Waals surface area contributed by atoms with E-state index >= 15 is 0 Å². The van der Waals surface area contributed by atoms with Crippen molar-refractivity contribution in [2.45, 2.75) is 71.4 Å². The van der Waals surface area contributed by atoms with E-state index in [1.807, 2.05) is 45.9 Å². The number of aromatic nitrogens is 2. The molecule has 0 bridgehead atoms. The zero-order valence-corrected chi connectivity index (χ0v) is 25.3. The molecule has 2 aromatic carbocycles. The minimum Gasteiger partial charge on any atom is -0.475 e. The molecule has 0 fully saturated rings. The Labute approximate surface area is 242 Å². The van der Waals surface area contributed by atoms with Crippen molar-refractivity contribution in [3.63, 3.8) is 0 Å². The van der Waals surface area contributed by atoms with Crippen molar-refractivity contribution >= 4 is 28.4 Å². The summed E-state index contributed by atoms with van der Waals surface area (Å²) in [6, 6.07) is 12.7. The van der Waals surface area contributed by atoms with Crippen LogP contribution in [0.5, 0.6) is 5.88 Å². The fourth-order valence-corrected chi connectivity index (χ4v) is 5.22. The van der Waals surface area contributed by atoms with Crippen molar-refractivity contribution in [3.8, 4) is 17.1 Å². The maximum atomic E-state index is 13.2. The summed E-state index contributed by atoms with van der Waals surface area (Å²) in [5.74, 6) is 0.174. The number of carbonyl (C=O) groups excluding carboxylic acids is 2. The summed E-state index contributed by atoms with van der Waals surface area (Å²) in [5, 5.41) is 2.86. The Morgan fingerprint density at radius 1 is 1.02 bits per heavy atom. The Kier molecular flexibility index (Phi) is 10.1. The second-order valence-corrected chi connectivity index (χ2v) is 12.9. The predicted molar refractivity (Wildman–Crippen MR) is 158 cm³/mol. The fraction of sp³-hybridized carbons (Fsp3) is 0.400. The lowest BCUT2D eigenvalue weighted by Gasteiger charge is -2.24. The molecule has 0 aliphatic carbocycles. The van der Waals surface area contributed by atoms with Crippen molar-refractivity contribution in [2.75, 3.05) is 11.3 Å². The molecule has 3 rings (SSSR count). The Bertz CT molecular complexity index is 1480. The molecule has 41 heavy (non-hydrogen) atoms. The third-order valence-electron chi connectivity index (χ3n) is 5.88. The summed E-state index contributed by atoms with van der Waals surface area (Å²) in [7, 11) is -4.13. The minimum absolute atomic E-state index is 0.0637. The van der Waals surface area contributed by atoms with Crippen LogP contribution in [-0.2, 0) is 14.8 Å². The van der Waals surface area contributed by atoms with Gasteiger partial charge >= 0.3 is 6.09 Å². The number of aldehydes is 1. The van der Waals surface area contributed by atoms with Crippen LogP contribution in [0.4, 0.5) is 10.7 Å². The number of nitrogens with one attached hydrogen (secondary N) is 2. The number of rotatable bonds is 11. The van der Waals surface area contributed by atoms with Crippen molar-refractivity contribution in [1.29, 1.82) is 0 Å². The van der Waals surface area contributed by atoms with Crippen LogP contribution in [0.1, 0.15) is 62.5 Å². The highest BCUT2D eigenvalue weighted by Crippen LogP contribution is 2.29. The molecule has 0 saturated heterocycles. The maximum Gasteiger partial charge on any atom is 0.407 e. The molecular weight excluding hydrogens is 544 g/mol. The highest BCUT2D eigenvalue weighted by atomic mass is 32.2. The van der Waals surface area contributed by atoms with Crippen molar-refractivity contribution in [3.05, 3.63) is 65.2 Å². The summed E-state index contributed by atoms with van der Waals surface area (Å²) in [6.45, 7) is 13.3. The number of alkyl carbamates (subject to hydrolysis) is 1. The molecule has 1 atom stereocenters. The average molecular weight is 583 g/mol. The van der Waals surface area contributed by atoms with Crippen LogP contribution in [0.15, 0.2) is 53.4 Å². The first-order valence-electron chi connectivity index (χ1n) is 13.3. The van der Waals surface area contributed by atoms with Crippen LogP contribution in [0, 0.1) is 19.8 Å². The number of amides is 1. The number of ether oxygens (including phenoxy) is 2. The van der Waals surface area contributed by atoms with Crippen LogP contribution < -0.4 is 14.8 Å². The summed E-state index contributed by atoms with van der Waals surface area (Å²) >= 11 is 0. The molecule has 0 radical (unpaired) electrons. The monoisotopic (exact) mass is 582 g/mol. The standard InChI is InChI=1S/C30H38N4O6S/c1-19(2)14-23(31-29(36)40-30(5,6)7)18-39-26-16-25(27-20(3)10-8-11-21(27)4)32-28(33-26)34-41(37,38)24-13-9-12-22(15-24)17-35/h8-13,15-17,19,23H,14,18H2,1-7H3,(H,31,36)(H,32,33,34)/t23-/m1/s1. The largest absolute Gasteiger partial charge is 0.475 e. The van der Waals surface area contributed by atoms with E-state index in [1.165, 1.54) is 24.3 Å². The fourth-order valence-electron chi connectivity index (χ4n) is 4.22. The van der Waals surface area contributed by atoms with Gasteiger partial charge in [0, 0.05) is 17.2 Å². The van der Waals surface area contributed by atoms with Crippen molar-refractivity contribution in [1.82, 2.24) is 15.3 Å².